The van der Waals surface area contributed by atoms with E-state index in [9.17, 15) is 36.6 Å². The smallest absolute Gasteiger partial charge is 0.408 e. The second kappa shape index (κ2) is 8.35. The van der Waals surface area contributed by atoms with Gasteiger partial charge in [0, 0.05) is 12.3 Å². The van der Waals surface area contributed by atoms with Crippen molar-refractivity contribution in [3.05, 3.63) is 98.5 Å². The van der Waals surface area contributed by atoms with Gasteiger partial charge >= 0.3 is 6.18 Å². The number of nitrogens with zero attached hydrogens (tertiary/aromatic N) is 3. The summed E-state index contributed by atoms with van der Waals surface area (Å²) in [5, 5.41) is 11.8. The molecule has 2 aromatic carbocycles. The molecule has 1 aliphatic heterocycles. The van der Waals surface area contributed by atoms with Crippen molar-refractivity contribution in [2.45, 2.75) is 38.0 Å². The Labute approximate surface area is 201 Å². The molecule has 2 heterocycles. The number of carbonyl (C=O) groups is 1. The van der Waals surface area contributed by atoms with Gasteiger partial charge < -0.3 is 10.0 Å². The van der Waals surface area contributed by atoms with Crippen LogP contribution < -0.4 is 10.4 Å². The Balaban J connectivity index is 1.81. The van der Waals surface area contributed by atoms with Crippen LogP contribution in [0.1, 0.15) is 45.7 Å². The molecule has 0 spiro atoms. The molecule has 1 atom stereocenters. The predicted octanol–water partition coefficient (Wildman–Crippen LogP) is 4.02. The zero-order valence-electron chi connectivity index (χ0n) is 18.9. The largest absolute Gasteiger partial charge is 0.502 e. The van der Waals surface area contributed by atoms with Crippen molar-refractivity contribution in [3.8, 4) is 5.75 Å². The van der Waals surface area contributed by atoms with Crippen LogP contribution in [0.3, 0.4) is 0 Å². The average Bonchev–Trinajstić information content (AvgIpc) is 2.99. The zero-order chi connectivity index (χ0) is 25.9. The van der Waals surface area contributed by atoms with Gasteiger partial charge in [0.05, 0.1) is 6.04 Å². The average molecular weight is 505 g/mol. The molecular weight excluding hydrogens is 485 g/mol. The van der Waals surface area contributed by atoms with Gasteiger partial charge in [-0.05, 0) is 54.2 Å². The molecule has 1 amide bonds. The van der Waals surface area contributed by atoms with E-state index in [0.29, 0.717) is 16.0 Å². The van der Waals surface area contributed by atoms with Gasteiger partial charge in [-0.15, -0.1) is 0 Å². The van der Waals surface area contributed by atoms with Crippen molar-refractivity contribution < 1.29 is 31.9 Å². The van der Waals surface area contributed by atoms with Gasteiger partial charge in [-0.2, -0.15) is 13.2 Å². The van der Waals surface area contributed by atoms with Crippen LogP contribution in [0.5, 0.6) is 5.75 Å². The molecule has 36 heavy (non-hydrogen) atoms. The highest BCUT2D eigenvalue weighted by molar-refractivity contribution is 5.96. The molecule has 188 valence electrons. The SMILES string of the molecule is C[C@@H](N1CN(C2c3cccc(F)c3CCc3c(F)cccc32)n2ccc(=O)c(O)c2C1=O)C(F)(F)F. The van der Waals surface area contributed by atoms with Crippen LogP contribution in [0.15, 0.2) is 53.5 Å². The summed E-state index contributed by atoms with van der Waals surface area (Å²) in [7, 11) is 0. The lowest BCUT2D eigenvalue weighted by atomic mass is 9.93. The molecule has 1 aliphatic carbocycles. The number of hydrogen-bond acceptors (Lipinski definition) is 4. The van der Waals surface area contributed by atoms with E-state index in [1.54, 1.807) is 12.1 Å². The fraction of sp³-hybridized carbons (Fsp3) is 0.280. The number of benzene rings is 2. The minimum atomic E-state index is -4.81. The van der Waals surface area contributed by atoms with Crippen LogP contribution in [-0.4, -0.2) is 39.5 Å². The number of pyridine rings is 1. The van der Waals surface area contributed by atoms with E-state index >= 15 is 0 Å². The second-order valence-electron chi connectivity index (χ2n) is 8.81. The first-order chi connectivity index (χ1) is 17.0. The summed E-state index contributed by atoms with van der Waals surface area (Å²) in [5.41, 5.74) is -0.343. The number of fused-ring (bicyclic) bond motifs is 3. The zero-order valence-corrected chi connectivity index (χ0v) is 18.9. The van der Waals surface area contributed by atoms with Gasteiger partial charge in [0.1, 0.15) is 24.3 Å². The second-order valence-corrected chi connectivity index (χ2v) is 8.81. The molecule has 5 rings (SSSR count). The predicted molar refractivity (Wildman–Crippen MR) is 119 cm³/mol. The maximum atomic E-state index is 14.9. The molecule has 6 nitrogen and oxygen atoms in total. The molecule has 11 heteroatoms. The molecule has 3 aromatic rings. The molecule has 0 saturated heterocycles. The first-order valence-corrected chi connectivity index (χ1v) is 11.1. The van der Waals surface area contributed by atoms with E-state index < -0.39 is 59.3 Å². The number of amides is 1. The van der Waals surface area contributed by atoms with E-state index in [1.807, 2.05) is 0 Å². The number of aromatic nitrogens is 1. The highest BCUT2D eigenvalue weighted by Crippen LogP contribution is 2.40. The Bertz CT molecular complexity index is 1380. The topological polar surface area (TPSA) is 65.8 Å². The van der Waals surface area contributed by atoms with Gasteiger partial charge in [-0.25, -0.2) is 8.78 Å². The summed E-state index contributed by atoms with van der Waals surface area (Å²) in [6.45, 7) is 0.156. The van der Waals surface area contributed by atoms with Crippen molar-refractivity contribution in [1.29, 1.82) is 0 Å². The lowest BCUT2D eigenvalue weighted by molar-refractivity contribution is -0.173. The summed E-state index contributed by atoms with van der Waals surface area (Å²) in [6, 6.07) is 6.23. The van der Waals surface area contributed by atoms with E-state index in [1.165, 1.54) is 29.3 Å². The third-order valence-corrected chi connectivity index (χ3v) is 6.85. The number of hydrogen-bond donors (Lipinski definition) is 1. The highest BCUT2D eigenvalue weighted by Gasteiger charge is 2.47. The lowest BCUT2D eigenvalue weighted by Gasteiger charge is -2.46. The fourth-order valence-electron chi connectivity index (χ4n) is 4.97. The standard InChI is InChI=1S/C25H20F5N3O3/c1-13(25(28,29)30)31-12-33(32-11-10-20(34)23(35)22(32)24(31)36)21-16-4-2-6-18(26)14(16)8-9-15-17(21)5-3-7-19(15)27/h2-7,10-11,13,21,35H,8-9,12H2,1H3/t13-/m1/s1. The monoisotopic (exact) mass is 505 g/mol. The maximum absolute atomic E-state index is 14.9. The molecule has 1 N–H and O–H groups in total. The van der Waals surface area contributed by atoms with Gasteiger partial charge in [-0.1, -0.05) is 24.3 Å². The Kier molecular flexibility index (Phi) is 5.53. The first kappa shape index (κ1) is 23.8. The molecule has 1 aromatic heterocycles. The van der Waals surface area contributed by atoms with Crippen LogP contribution >= 0.6 is 0 Å². The Hall–Kier alpha value is -3.89. The van der Waals surface area contributed by atoms with Crippen molar-refractivity contribution in [3.63, 3.8) is 0 Å². The quantitative estimate of drug-likeness (QED) is 0.535. The number of rotatable bonds is 2. The maximum Gasteiger partial charge on any atom is 0.408 e. The molecule has 0 fully saturated rings. The van der Waals surface area contributed by atoms with E-state index in [-0.39, 0.29) is 24.0 Å². The third-order valence-electron chi connectivity index (χ3n) is 6.85. The molecule has 0 saturated carbocycles. The summed E-state index contributed by atoms with van der Waals surface area (Å²) < 4.78 is 72.2. The van der Waals surface area contributed by atoms with E-state index in [0.717, 1.165) is 23.9 Å². The minimum Gasteiger partial charge on any atom is -0.502 e. The van der Waals surface area contributed by atoms with Crippen molar-refractivity contribution >= 4 is 5.91 Å². The van der Waals surface area contributed by atoms with Crippen molar-refractivity contribution in [2.24, 2.45) is 0 Å². The normalized spacial score (nSPS) is 16.8. The number of alkyl halides is 3. The molecule has 0 unspecified atom stereocenters. The minimum absolute atomic E-state index is 0.143. The van der Waals surface area contributed by atoms with Gasteiger partial charge in [0.15, 0.2) is 11.4 Å². The lowest BCUT2D eigenvalue weighted by Crippen LogP contribution is -2.60. The number of halogens is 5. The Morgan fingerprint density at radius 3 is 2.03 bits per heavy atom. The van der Waals surface area contributed by atoms with Crippen LogP contribution in [0, 0.1) is 11.6 Å². The van der Waals surface area contributed by atoms with Crippen molar-refractivity contribution in [2.75, 3.05) is 11.7 Å². The third kappa shape index (κ3) is 3.61. The number of carbonyl (C=O) groups excluding carboxylic acids is 1. The first-order valence-electron chi connectivity index (χ1n) is 11.1. The number of aromatic hydroxyl groups is 1. The van der Waals surface area contributed by atoms with Crippen LogP contribution in [0.4, 0.5) is 22.0 Å². The van der Waals surface area contributed by atoms with Gasteiger partial charge in [0.25, 0.3) is 5.91 Å². The molecule has 0 radical (unpaired) electrons. The summed E-state index contributed by atoms with van der Waals surface area (Å²) in [6.07, 6.45) is -3.37. The van der Waals surface area contributed by atoms with Gasteiger partial charge in [0.2, 0.25) is 5.43 Å². The molecule has 2 aliphatic rings. The Morgan fingerprint density at radius 1 is 0.944 bits per heavy atom. The summed E-state index contributed by atoms with van der Waals surface area (Å²) in [4.78, 5) is 25.8. The van der Waals surface area contributed by atoms with E-state index in [4.69, 9.17) is 0 Å². The summed E-state index contributed by atoms with van der Waals surface area (Å²) >= 11 is 0. The molecule has 0 bridgehead atoms. The molecular formula is C25H20F5N3O3. The van der Waals surface area contributed by atoms with Gasteiger partial charge in [-0.3, -0.25) is 19.3 Å². The highest BCUT2D eigenvalue weighted by atomic mass is 19.4. The van der Waals surface area contributed by atoms with Crippen LogP contribution in [0.2, 0.25) is 0 Å². The van der Waals surface area contributed by atoms with Crippen molar-refractivity contribution in [1.82, 2.24) is 9.58 Å². The van der Waals surface area contributed by atoms with Crippen LogP contribution in [0.25, 0.3) is 0 Å². The fourth-order valence-corrected chi connectivity index (χ4v) is 4.97. The summed E-state index contributed by atoms with van der Waals surface area (Å²) in [5.74, 6) is -3.32. The van der Waals surface area contributed by atoms with E-state index in [2.05, 4.69) is 0 Å². The van der Waals surface area contributed by atoms with Crippen LogP contribution in [-0.2, 0) is 12.8 Å². The Morgan fingerprint density at radius 2 is 1.50 bits per heavy atom.